The van der Waals surface area contributed by atoms with Gasteiger partial charge in [0.05, 0.1) is 0 Å². The molecule has 94 valence electrons. The average Bonchev–Trinajstić information content (AvgIpc) is 2.32. The highest BCUT2D eigenvalue weighted by molar-refractivity contribution is 5.53. The summed E-state index contributed by atoms with van der Waals surface area (Å²) in [7, 11) is 0. The Morgan fingerprint density at radius 3 is 2.61 bits per heavy atom. The van der Waals surface area contributed by atoms with E-state index in [1.165, 1.54) is 6.07 Å². The van der Waals surface area contributed by atoms with E-state index in [0.717, 1.165) is 16.8 Å². The first kappa shape index (κ1) is 12.4. The summed E-state index contributed by atoms with van der Waals surface area (Å²) in [6.07, 6.45) is 0. The van der Waals surface area contributed by atoms with E-state index in [1.807, 2.05) is 19.9 Å². The number of halogens is 1. The molecule has 0 aliphatic carbocycles. The number of benzene rings is 2. The summed E-state index contributed by atoms with van der Waals surface area (Å²) in [6, 6.07) is 10.1. The average molecular weight is 245 g/mol. The lowest BCUT2D eigenvalue weighted by molar-refractivity contribution is 0.475. The van der Waals surface area contributed by atoms with Gasteiger partial charge >= 0.3 is 0 Å². The Morgan fingerprint density at radius 1 is 1.11 bits per heavy atom. The van der Waals surface area contributed by atoms with Gasteiger partial charge < -0.3 is 10.4 Å². The van der Waals surface area contributed by atoms with Crippen molar-refractivity contribution in [3.63, 3.8) is 0 Å². The van der Waals surface area contributed by atoms with Gasteiger partial charge in [-0.25, -0.2) is 4.39 Å². The quantitative estimate of drug-likeness (QED) is 0.807. The number of rotatable bonds is 3. The van der Waals surface area contributed by atoms with E-state index in [0.29, 0.717) is 12.1 Å². The molecule has 0 bridgehead atoms. The van der Waals surface area contributed by atoms with Crippen LogP contribution in [0.3, 0.4) is 0 Å². The summed E-state index contributed by atoms with van der Waals surface area (Å²) in [5.41, 5.74) is 3.51. The molecular weight excluding hydrogens is 229 g/mol. The Morgan fingerprint density at radius 2 is 1.89 bits per heavy atom. The normalized spacial score (nSPS) is 10.4. The zero-order chi connectivity index (χ0) is 13.1. The molecule has 0 saturated heterocycles. The molecule has 0 aliphatic rings. The van der Waals surface area contributed by atoms with Crippen LogP contribution in [0.15, 0.2) is 36.4 Å². The summed E-state index contributed by atoms with van der Waals surface area (Å²) in [4.78, 5) is 0. The molecule has 2 aromatic carbocycles. The summed E-state index contributed by atoms with van der Waals surface area (Å²) in [5, 5.41) is 12.5. The molecule has 0 spiro atoms. The minimum Gasteiger partial charge on any atom is -0.508 e. The van der Waals surface area contributed by atoms with Crippen molar-refractivity contribution < 1.29 is 9.50 Å². The fourth-order valence-corrected chi connectivity index (χ4v) is 1.88. The maximum Gasteiger partial charge on any atom is 0.128 e. The minimum absolute atomic E-state index is 0.204. The van der Waals surface area contributed by atoms with E-state index in [2.05, 4.69) is 5.32 Å². The third kappa shape index (κ3) is 2.80. The monoisotopic (exact) mass is 245 g/mol. The summed E-state index contributed by atoms with van der Waals surface area (Å²) >= 11 is 0. The minimum atomic E-state index is -0.204. The third-order valence-electron chi connectivity index (χ3n) is 2.88. The predicted molar refractivity (Wildman–Crippen MR) is 71.3 cm³/mol. The van der Waals surface area contributed by atoms with Crippen molar-refractivity contribution in [3.05, 3.63) is 58.9 Å². The smallest absolute Gasteiger partial charge is 0.128 e. The number of aromatic hydroxyl groups is 1. The molecule has 0 aliphatic heterocycles. The van der Waals surface area contributed by atoms with Gasteiger partial charge in [0.15, 0.2) is 0 Å². The van der Waals surface area contributed by atoms with Crippen LogP contribution in [0.1, 0.15) is 16.7 Å². The van der Waals surface area contributed by atoms with Crippen molar-refractivity contribution in [1.29, 1.82) is 0 Å². The van der Waals surface area contributed by atoms with Crippen LogP contribution in [0.2, 0.25) is 0 Å². The van der Waals surface area contributed by atoms with Crippen LogP contribution in [-0.2, 0) is 6.54 Å². The van der Waals surface area contributed by atoms with Crippen LogP contribution in [0.5, 0.6) is 5.75 Å². The third-order valence-corrected chi connectivity index (χ3v) is 2.88. The first-order chi connectivity index (χ1) is 8.56. The van der Waals surface area contributed by atoms with Crippen molar-refractivity contribution in [2.24, 2.45) is 0 Å². The van der Waals surface area contributed by atoms with Crippen LogP contribution in [-0.4, -0.2) is 5.11 Å². The van der Waals surface area contributed by atoms with E-state index in [9.17, 15) is 9.50 Å². The van der Waals surface area contributed by atoms with E-state index in [1.54, 1.807) is 24.3 Å². The van der Waals surface area contributed by atoms with Crippen molar-refractivity contribution in [2.75, 3.05) is 5.32 Å². The van der Waals surface area contributed by atoms with E-state index in [-0.39, 0.29) is 11.6 Å². The van der Waals surface area contributed by atoms with Crippen molar-refractivity contribution in [2.45, 2.75) is 20.4 Å². The van der Waals surface area contributed by atoms with Gasteiger partial charge in [-0.3, -0.25) is 0 Å². The van der Waals surface area contributed by atoms with Gasteiger partial charge in [-0.15, -0.1) is 0 Å². The SMILES string of the molecule is Cc1ccc(F)c(CNc2ccc(O)cc2C)c1. The van der Waals surface area contributed by atoms with E-state index < -0.39 is 0 Å². The van der Waals surface area contributed by atoms with Gasteiger partial charge in [-0.05, 0) is 43.7 Å². The molecule has 3 heteroatoms. The largest absolute Gasteiger partial charge is 0.508 e. The Kier molecular flexibility index (Phi) is 3.51. The molecule has 0 atom stereocenters. The number of hydrogen-bond donors (Lipinski definition) is 2. The van der Waals surface area contributed by atoms with Gasteiger partial charge in [0.1, 0.15) is 11.6 Å². The lowest BCUT2D eigenvalue weighted by atomic mass is 10.1. The Balaban J connectivity index is 2.13. The molecule has 0 unspecified atom stereocenters. The first-order valence-corrected chi connectivity index (χ1v) is 5.85. The van der Waals surface area contributed by atoms with E-state index >= 15 is 0 Å². The molecule has 0 amide bonds. The Bertz CT molecular complexity index is 566. The molecule has 0 aromatic heterocycles. The lowest BCUT2D eigenvalue weighted by Gasteiger charge is -2.11. The van der Waals surface area contributed by atoms with Crippen molar-refractivity contribution >= 4 is 5.69 Å². The molecule has 0 radical (unpaired) electrons. The molecule has 2 aromatic rings. The summed E-state index contributed by atoms with van der Waals surface area (Å²) < 4.78 is 13.6. The van der Waals surface area contributed by atoms with Gasteiger partial charge in [0, 0.05) is 17.8 Å². The molecule has 0 fully saturated rings. The molecule has 0 heterocycles. The van der Waals surface area contributed by atoms with E-state index in [4.69, 9.17) is 0 Å². The standard InChI is InChI=1S/C15H16FNO/c1-10-3-5-14(16)12(7-10)9-17-15-6-4-13(18)8-11(15)2/h3-8,17-18H,9H2,1-2H3. The first-order valence-electron chi connectivity index (χ1n) is 5.85. The maximum atomic E-state index is 13.6. The van der Waals surface area contributed by atoms with Crippen LogP contribution in [0.4, 0.5) is 10.1 Å². The van der Waals surface area contributed by atoms with Crippen LogP contribution in [0.25, 0.3) is 0 Å². The summed E-state index contributed by atoms with van der Waals surface area (Å²) in [6.45, 7) is 4.27. The number of aryl methyl sites for hydroxylation is 2. The molecule has 18 heavy (non-hydrogen) atoms. The zero-order valence-electron chi connectivity index (χ0n) is 10.5. The van der Waals surface area contributed by atoms with Crippen LogP contribution in [0, 0.1) is 19.7 Å². The maximum absolute atomic E-state index is 13.6. The lowest BCUT2D eigenvalue weighted by Crippen LogP contribution is -2.03. The highest BCUT2D eigenvalue weighted by atomic mass is 19.1. The Hall–Kier alpha value is -2.03. The van der Waals surface area contributed by atoms with Gasteiger partial charge in [-0.2, -0.15) is 0 Å². The van der Waals surface area contributed by atoms with Crippen LogP contribution < -0.4 is 5.32 Å². The van der Waals surface area contributed by atoms with Gasteiger partial charge in [0.2, 0.25) is 0 Å². The fraction of sp³-hybridized carbons (Fsp3) is 0.200. The van der Waals surface area contributed by atoms with Crippen molar-refractivity contribution in [3.8, 4) is 5.75 Å². The highest BCUT2D eigenvalue weighted by Gasteiger charge is 2.04. The Labute approximate surface area is 106 Å². The van der Waals surface area contributed by atoms with Gasteiger partial charge in [-0.1, -0.05) is 17.7 Å². The van der Waals surface area contributed by atoms with Gasteiger partial charge in [0.25, 0.3) is 0 Å². The number of phenolic OH excluding ortho intramolecular Hbond substituents is 1. The second-order valence-electron chi connectivity index (χ2n) is 4.45. The predicted octanol–water partition coefficient (Wildman–Crippen LogP) is 3.76. The molecule has 2 rings (SSSR count). The number of hydrogen-bond acceptors (Lipinski definition) is 2. The second-order valence-corrected chi connectivity index (χ2v) is 4.45. The summed E-state index contributed by atoms with van der Waals surface area (Å²) in [5.74, 6) is 0.0318. The highest BCUT2D eigenvalue weighted by Crippen LogP contribution is 2.21. The zero-order valence-corrected chi connectivity index (χ0v) is 10.5. The molecule has 0 saturated carbocycles. The van der Waals surface area contributed by atoms with Crippen LogP contribution >= 0.6 is 0 Å². The number of nitrogens with one attached hydrogen (secondary N) is 1. The molecule has 2 N–H and O–H groups in total. The number of phenols is 1. The molecular formula is C15H16FNO. The topological polar surface area (TPSA) is 32.3 Å². The second kappa shape index (κ2) is 5.08. The molecule has 2 nitrogen and oxygen atoms in total. The fourth-order valence-electron chi connectivity index (χ4n) is 1.88. The van der Waals surface area contributed by atoms with Crippen molar-refractivity contribution in [1.82, 2.24) is 0 Å². The number of anilines is 1.